The van der Waals surface area contributed by atoms with Crippen LogP contribution in [0.2, 0.25) is 4.44 Å². The van der Waals surface area contributed by atoms with E-state index in [9.17, 15) is 0 Å². The fourth-order valence-electron chi connectivity index (χ4n) is 0.760. The third-order valence-electron chi connectivity index (χ3n) is 1.66. The van der Waals surface area contributed by atoms with Crippen LogP contribution >= 0.6 is 0 Å². The van der Waals surface area contributed by atoms with E-state index >= 15 is 0 Å². The van der Waals surface area contributed by atoms with Crippen LogP contribution < -0.4 is 0 Å². The standard InChI is InChI=1S/C6H15NO3.C4H9.Sn/c8-4-1-7(2-5-9)3-6-10;1-4(2)3;/h8-10H,1-6H2;4H,1H2,2-3H3;. The molecule has 0 aliphatic carbocycles. The van der Waals surface area contributed by atoms with Gasteiger partial charge in [-0.25, -0.2) is 0 Å². The Kier molecular flexibility index (Phi) is 17.6. The van der Waals surface area contributed by atoms with Gasteiger partial charge in [-0.3, -0.25) is 4.90 Å². The molecule has 0 saturated carbocycles. The molecule has 0 aromatic rings. The number of hydrogen-bond donors (Lipinski definition) is 3. The molecule has 0 unspecified atom stereocenters. The van der Waals surface area contributed by atoms with Crippen molar-refractivity contribution in [3.05, 3.63) is 0 Å². The first-order chi connectivity index (χ1) is 7.12. The molecule has 0 bridgehead atoms. The maximum Gasteiger partial charge on any atom is 0.0558 e. The van der Waals surface area contributed by atoms with Gasteiger partial charge in [-0.2, -0.15) is 0 Å². The number of aliphatic hydroxyl groups excluding tert-OH is 3. The topological polar surface area (TPSA) is 63.9 Å². The summed E-state index contributed by atoms with van der Waals surface area (Å²) >= 11 is 1.66. The van der Waals surface area contributed by atoms with Crippen LogP contribution in [-0.2, 0) is 0 Å². The van der Waals surface area contributed by atoms with Gasteiger partial charge in [0.2, 0.25) is 0 Å². The van der Waals surface area contributed by atoms with Gasteiger partial charge in [-0.15, -0.1) is 0 Å². The molecular weight excluding hydrogens is 301 g/mol. The average Bonchev–Trinajstić information content (AvgIpc) is 2.20. The molecule has 15 heavy (non-hydrogen) atoms. The Morgan fingerprint density at radius 1 is 0.933 bits per heavy atom. The minimum absolute atomic E-state index is 0.0694. The van der Waals surface area contributed by atoms with E-state index < -0.39 is 0 Å². The molecule has 0 aliphatic heterocycles. The van der Waals surface area contributed by atoms with E-state index in [1.807, 2.05) is 0 Å². The molecule has 5 heteroatoms. The van der Waals surface area contributed by atoms with E-state index in [0.717, 1.165) is 5.92 Å². The Labute approximate surface area is 106 Å². The second-order valence-electron chi connectivity index (χ2n) is 3.61. The first-order valence-electron chi connectivity index (χ1n) is 5.31. The normalized spacial score (nSPS) is 10.4. The monoisotopic (exact) mass is 326 g/mol. The second-order valence-corrected chi connectivity index (χ2v) is 4.78. The van der Waals surface area contributed by atoms with Crippen molar-refractivity contribution in [2.24, 2.45) is 5.92 Å². The third-order valence-corrected chi connectivity index (χ3v) is 3.99. The van der Waals surface area contributed by atoms with Gasteiger partial charge in [0, 0.05) is 19.6 Å². The summed E-state index contributed by atoms with van der Waals surface area (Å²) in [5.74, 6) is 0.924. The molecule has 91 valence electrons. The largest absolute Gasteiger partial charge is 0.395 e. The zero-order valence-corrected chi connectivity index (χ0v) is 12.7. The maximum absolute atomic E-state index is 8.48. The summed E-state index contributed by atoms with van der Waals surface area (Å²) in [4.78, 5) is 1.79. The van der Waals surface area contributed by atoms with Gasteiger partial charge in [-0.05, 0) is 0 Å². The van der Waals surface area contributed by atoms with E-state index in [2.05, 4.69) is 13.8 Å². The maximum atomic E-state index is 8.48. The summed E-state index contributed by atoms with van der Waals surface area (Å²) in [6, 6.07) is 0. The van der Waals surface area contributed by atoms with Crippen LogP contribution in [0.4, 0.5) is 0 Å². The molecule has 0 aromatic carbocycles. The van der Waals surface area contributed by atoms with Crippen LogP contribution in [0, 0.1) is 5.92 Å². The van der Waals surface area contributed by atoms with E-state index in [4.69, 9.17) is 15.3 Å². The number of aliphatic hydroxyl groups is 3. The number of rotatable bonds is 7. The molecule has 0 atom stereocenters. The van der Waals surface area contributed by atoms with Gasteiger partial charge < -0.3 is 15.3 Å². The van der Waals surface area contributed by atoms with Crippen LogP contribution in [0.15, 0.2) is 0 Å². The zero-order valence-electron chi connectivity index (χ0n) is 9.82. The molecule has 0 aliphatic rings. The average molecular weight is 325 g/mol. The van der Waals surface area contributed by atoms with Crippen LogP contribution in [0.5, 0.6) is 0 Å². The van der Waals surface area contributed by atoms with Crippen molar-refractivity contribution in [3.8, 4) is 0 Å². The molecule has 3 radical (unpaired) electrons. The first-order valence-corrected chi connectivity index (χ1v) is 7.33. The smallest absolute Gasteiger partial charge is 0.0558 e. The summed E-state index contributed by atoms with van der Waals surface area (Å²) in [5.41, 5.74) is 0. The molecule has 0 spiro atoms. The fourth-order valence-corrected chi connectivity index (χ4v) is 0.760. The van der Waals surface area contributed by atoms with Gasteiger partial charge in [0.25, 0.3) is 0 Å². The minimum atomic E-state index is 0.0694. The molecule has 0 heterocycles. The summed E-state index contributed by atoms with van der Waals surface area (Å²) in [6.45, 7) is 6.24. The molecule has 0 aromatic heterocycles. The summed E-state index contributed by atoms with van der Waals surface area (Å²) in [7, 11) is 0. The molecule has 0 amide bonds. The van der Waals surface area contributed by atoms with Gasteiger partial charge in [0.05, 0.1) is 19.8 Å². The van der Waals surface area contributed by atoms with Crippen molar-refractivity contribution >= 4 is 22.5 Å². The number of hydrogen-bond acceptors (Lipinski definition) is 4. The first kappa shape index (κ1) is 18.0. The van der Waals surface area contributed by atoms with Crippen molar-refractivity contribution in [1.29, 1.82) is 0 Å². The van der Waals surface area contributed by atoms with Gasteiger partial charge in [0.15, 0.2) is 0 Å². The molecule has 4 nitrogen and oxygen atoms in total. The molecular formula is C10H24NO3Sn. The summed E-state index contributed by atoms with van der Waals surface area (Å²) in [5, 5.41) is 25.5. The van der Waals surface area contributed by atoms with Gasteiger partial charge >= 0.3 is 46.7 Å². The zero-order chi connectivity index (χ0) is 12.1. The Bertz CT molecular complexity index is 101. The van der Waals surface area contributed by atoms with Crippen molar-refractivity contribution in [3.63, 3.8) is 0 Å². The van der Waals surface area contributed by atoms with Crippen molar-refractivity contribution < 1.29 is 15.3 Å². The Morgan fingerprint density at radius 2 is 1.20 bits per heavy atom. The summed E-state index contributed by atoms with van der Waals surface area (Å²) in [6.07, 6.45) is 0. The van der Waals surface area contributed by atoms with Crippen molar-refractivity contribution in [2.45, 2.75) is 18.3 Å². The van der Waals surface area contributed by atoms with E-state index in [-0.39, 0.29) is 19.8 Å². The van der Waals surface area contributed by atoms with Crippen LogP contribution in [0.1, 0.15) is 13.8 Å². The quantitative estimate of drug-likeness (QED) is 0.552. The van der Waals surface area contributed by atoms with Crippen LogP contribution in [-0.4, -0.2) is 82.2 Å². The van der Waals surface area contributed by atoms with E-state index in [1.165, 1.54) is 4.44 Å². The minimum Gasteiger partial charge on any atom is -0.395 e. The molecule has 0 fully saturated rings. The SMILES string of the molecule is CC(C)[CH2][Sn].OCCN(CCO)CCO. The fraction of sp³-hybridized carbons (Fsp3) is 1.00. The Morgan fingerprint density at radius 3 is 1.33 bits per heavy atom. The third kappa shape index (κ3) is 17.3. The van der Waals surface area contributed by atoms with Gasteiger partial charge in [-0.1, -0.05) is 0 Å². The summed E-state index contributed by atoms with van der Waals surface area (Å²) < 4.78 is 1.40. The van der Waals surface area contributed by atoms with Crippen molar-refractivity contribution in [2.75, 3.05) is 39.5 Å². The Hall–Kier alpha value is 0.639. The number of nitrogens with zero attached hydrogens (tertiary/aromatic N) is 1. The van der Waals surface area contributed by atoms with Crippen LogP contribution in [0.3, 0.4) is 0 Å². The van der Waals surface area contributed by atoms with Crippen LogP contribution in [0.25, 0.3) is 0 Å². The molecule has 3 N–H and O–H groups in total. The molecule has 0 saturated heterocycles. The second kappa shape index (κ2) is 14.6. The van der Waals surface area contributed by atoms with Gasteiger partial charge in [0.1, 0.15) is 0 Å². The molecule has 0 rings (SSSR count). The predicted molar refractivity (Wildman–Crippen MR) is 63.1 cm³/mol. The predicted octanol–water partition coefficient (Wildman–Crippen LogP) is -0.505. The Balaban J connectivity index is 0. The van der Waals surface area contributed by atoms with E-state index in [0.29, 0.717) is 19.6 Å². The van der Waals surface area contributed by atoms with E-state index in [1.54, 1.807) is 27.4 Å². The van der Waals surface area contributed by atoms with Crippen molar-refractivity contribution in [1.82, 2.24) is 4.90 Å².